The molecule has 0 bridgehead atoms. The molecule has 30 heavy (non-hydrogen) atoms. The van der Waals surface area contributed by atoms with Crippen LogP contribution in [0.4, 0.5) is 0 Å². The van der Waals surface area contributed by atoms with Gasteiger partial charge in [-0.2, -0.15) is 0 Å². The van der Waals surface area contributed by atoms with Crippen LogP contribution >= 0.6 is 11.6 Å². The zero-order valence-electron chi connectivity index (χ0n) is 17.6. The van der Waals surface area contributed by atoms with Gasteiger partial charge >= 0.3 is 0 Å². The summed E-state index contributed by atoms with van der Waals surface area (Å²) in [6, 6.07) is 18.1. The Morgan fingerprint density at radius 2 is 2.00 bits per heavy atom. The third-order valence-corrected chi connectivity index (χ3v) is 6.53. The summed E-state index contributed by atoms with van der Waals surface area (Å²) in [4.78, 5) is 20.9. The summed E-state index contributed by atoms with van der Waals surface area (Å²) < 4.78 is 0. The Balaban J connectivity index is 1.35. The number of benzene rings is 2. The lowest BCUT2D eigenvalue weighted by Gasteiger charge is -2.35. The second kappa shape index (κ2) is 9.67. The number of likely N-dealkylation sites (tertiary alicyclic amines) is 1. The average molecular weight is 424 g/mol. The largest absolute Gasteiger partial charge is 0.351 e. The molecule has 3 aromatic rings. The van der Waals surface area contributed by atoms with Gasteiger partial charge in [-0.3, -0.25) is 4.79 Å². The van der Waals surface area contributed by atoms with Crippen LogP contribution in [0.15, 0.2) is 54.6 Å². The van der Waals surface area contributed by atoms with Crippen LogP contribution in [0.25, 0.3) is 10.9 Å². The predicted octanol–water partition coefficient (Wildman–Crippen LogP) is 5.24. The summed E-state index contributed by atoms with van der Waals surface area (Å²) in [5.74, 6) is 0.611. The number of rotatable bonds is 7. The third kappa shape index (κ3) is 4.88. The van der Waals surface area contributed by atoms with Gasteiger partial charge in [-0.25, -0.2) is 0 Å². The molecule has 0 aliphatic carbocycles. The van der Waals surface area contributed by atoms with E-state index in [4.69, 9.17) is 11.6 Å². The number of aromatic nitrogens is 1. The van der Waals surface area contributed by atoms with Crippen molar-refractivity contribution in [3.63, 3.8) is 0 Å². The van der Waals surface area contributed by atoms with E-state index in [1.54, 1.807) is 0 Å². The number of amides is 1. The van der Waals surface area contributed by atoms with E-state index in [0.29, 0.717) is 11.6 Å². The molecule has 4 rings (SSSR count). The highest BCUT2D eigenvalue weighted by molar-refractivity contribution is 6.31. The molecule has 5 heteroatoms. The number of fused-ring (bicyclic) bond motifs is 1. The number of piperidine rings is 1. The van der Waals surface area contributed by atoms with Gasteiger partial charge in [-0.15, -0.1) is 0 Å². The van der Waals surface area contributed by atoms with Gasteiger partial charge in [0.25, 0.3) is 5.91 Å². The van der Waals surface area contributed by atoms with E-state index < -0.39 is 0 Å². The molecule has 1 saturated heterocycles. The fraction of sp³-hybridized carbons (Fsp3) is 0.400. The van der Waals surface area contributed by atoms with Crippen LogP contribution in [-0.2, 0) is 6.42 Å². The first kappa shape index (κ1) is 21.0. The fourth-order valence-corrected chi connectivity index (χ4v) is 4.74. The van der Waals surface area contributed by atoms with Crippen molar-refractivity contribution in [2.75, 3.05) is 32.7 Å². The molecule has 1 aromatic heterocycles. The summed E-state index contributed by atoms with van der Waals surface area (Å²) in [5, 5.41) is 1.94. The normalized spacial score (nSPS) is 17.3. The molecule has 2 aromatic carbocycles. The van der Waals surface area contributed by atoms with Gasteiger partial charge in [0.05, 0.1) is 0 Å². The standard InChI is InChI=1S/C25H30ClN3O/c1-2-29(25(30)24-16-21-10-4-6-12-23(21)27-24)18-19-8-7-14-28(17-19)15-13-20-9-3-5-11-22(20)26/h3-6,9-12,16,19,27H,2,7-8,13-15,17-18H2,1H3. The van der Waals surface area contributed by atoms with Gasteiger partial charge in [0.2, 0.25) is 0 Å². The maximum absolute atomic E-state index is 13.1. The minimum atomic E-state index is 0.0990. The quantitative estimate of drug-likeness (QED) is 0.564. The smallest absolute Gasteiger partial charge is 0.270 e. The van der Waals surface area contributed by atoms with E-state index in [2.05, 4.69) is 28.9 Å². The Morgan fingerprint density at radius 1 is 1.20 bits per heavy atom. The van der Waals surface area contributed by atoms with Crippen LogP contribution in [0.2, 0.25) is 5.02 Å². The fourth-order valence-electron chi connectivity index (χ4n) is 4.51. The molecule has 1 unspecified atom stereocenters. The molecule has 1 aliphatic rings. The van der Waals surface area contributed by atoms with E-state index >= 15 is 0 Å². The highest BCUT2D eigenvalue weighted by atomic mass is 35.5. The van der Waals surface area contributed by atoms with Crippen LogP contribution < -0.4 is 0 Å². The zero-order valence-corrected chi connectivity index (χ0v) is 18.4. The SMILES string of the molecule is CCN(CC1CCCN(CCc2ccccc2Cl)C1)C(=O)c1cc2ccccc2[nH]1. The number of nitrogens with zero attached hydrogens (tertiary/aromatic N) is 2. The van der Waals surface area contributed by atoms with E-state index in [1.165, 1.54) is 18.4 Å². The number of para-hydroxylation sites is 1. The Kier molecular flexibility index (Phi) is 6.76. The third-order valence-electron chi connectivity index (χ3n) is 6.17. The second-order valence-electron chi connectivity index (χ2n) is 8.26. The van der Waals surface area contributed by atoms with Crippen LogP contribution in [0.5, 0.6) is 0 Å². The molecular formula is C25H30ClN3O. The molecule has 2 heterocycles. The molecule has 1 atom stereocenters. The summed E-state index contributed by atoms with van der Waals surface area (Å²) >= 11 is 6.31. The number of nitrogens with one attached hydrogen (secondary N) is 1. The van der Waals surface area contributed by atoms with Crippen LogP contribution in [0.3, 0.4) is 0 Å². The van der Waals surface area contributed by atoms with E-state index in [0.717, 1.165) is 55.1 Å². The maximum atomic E-state index is 13.1. The van der Waals surface area contributed by atoms with Crippen molar-refractivity contribution in [1.29, 1.82) is 0 Å². The van der Waals surface area contributed by atoms with E-state index in [9.17, 15) is 4.79 Å². The average Bonchev–Trinajstić information content (AvgIpc) is 3.21. The summed E-state index contributed by atoms with van der Waals surface area (Å²) in [5.41, 5.74) is 2.91. The lowest BCUT2D eigenvalue weighted by Crippen LogP contribution is -2.43. The lowest BCUT2D eigenvalue weighted by molar-refractivity contribution is 0.0686. The molecule has 0 radical (unpaired) electrons. The zero-order chi connectivity index (χ0) is 20.9. The molecule has 1 N–H and O–H groups in total. The predicted molar refractivity (Wildman–Crippen MR) is 124 cm³/mol. The summed E-state index contributed by atoms with van der Waals surface area (Å²) in [6.07, 6.45) is 3.34. The number of aromatic amines is 1. The Morgan fingerprint density at radius 3 is 2.80 bits per heavy atom. The minimum absolute atomic E-state index is 0.0990. The minimum Gasteiger partial charge on any atom is -0.351 e. The lowest BCUT2D eigenvalue weighted by atomic mass is 9.96. The molecular weight excluding hydrogens is 394 g/mol. The van der Waals surface area contributed by atoms with Crippen molar-refractivity contribution in [3.05, 3.63) is 70.9 Å². The maximum Gasteiger partial charge on any atom is 0.270 e. The molecule has 158 valence electrons. The van der Waals surface area contributed by atoms with Crippen LogP contribution in [0.1, 0.15) is 35.8 Å². The van der Waals surface area contributed by atoms with Crippen molar-refractivity contribution in [2.24, 2.45) is 5.92 Å². The van der Waals surface area contributed by atoms with Gasteiger partial charge in [-0.05, 0) is 62.4 Å². The van der Waals surface area contributed by atoms with Gasteiger partial charge < -0.3 is 14.8 Å². The number of hydrogen-bond acceptors (Lipinski definition) is 2. The van der Waals surface area contributed by atoms with Crippen molar-refractivity contribution < 1.29 is 4.79 Å². The van der Waals surface area contributed by atoms with Crippen LogP contribution in [-0.4, -0.2) is 53.4 Å². The Hall–Kier alpha value is -2.30. The molecule has 1 aliphatic heterocycles. The van der Waals surface area contributed by atoms with Crippen molar-refractivity contribution in [3.8, 4) is 0 Å². The van der Waals surface area contributed by atoms with E-state index in [-0.39, 0.29) is 5.91 Å². The monoisotopic (exact) mass is 423 g/mol. The van der Waals surface area contributed by atoms with E-state index in [1.807, 2.05) is 47.4 Å². The highest BCUT2D eigenvalue weighted by Gasteiger charge is 2.25. The Bertz CT molecular complexity index is 966. The summed E-state index contributed by atoms with van der Waals surface area (Å²) in [6.45, 7) is 6.79. The molecule has 1 fully saturated rings. The number of carbonyl (C=O) groups is 1. The van der Waals surface area contributed by atoms with Crippen molar-refractivity contribution >= 4 is 28.4 Å². The van der Waals surface area contributed by atoms with Crippen molar-refractivity contribution in [2.45, 2.75) is 26.2 Å². The number of H-pyrrole nitrogens is 1. The second-order valence-corrected chi connectivity index (χ2v) is 8.67. The number of carbonyl (C=O) groups excluding carboxylic acids is 1. The van der Waals surface area contributed by atoms with Gasteiger partial charge in [0, 0.05) is 42.1 Å². The molecule has 0 spiro atoms. The topological polar surface area (TPSA) is 39.3 Å². The molecule has 1 amide bonds. The summed E-state index contributed by atoms with van der Waals surface area (Å²) in [7, 11) is 0. The van der Waals surface area contributed by atoms with Crippen LogP contribution in [0, 0.1) is 5.92 Å². The highest BCUT2D eigenvalue weighted by Crippen LogP contribution is 2.22. The first-order valence-corrected chi connectivity index (χ1v) is 11.3. The van der Waals surface area contributed by atoms with Gasteiger partial charge in [-0.1, -0.05) is 48.0 Å². The Labute approximate surface area is 183 Å². The number of halogens is 1. The first-order chi connectivity index (χ1) is 14.6. The molecule has 0 saturated carbocycles. The van der Waals surface area contributed by atoms with Crippen molar-refractivity contribution in [1.82, 2.24) is 14.8 Å². The molecule has 4 nitrogen and oxygen atoms in total. The first-order valence-electron chi connectivity index (χ1n) is 11.0. The van der Waals surface area contributed by atoms with Gasteiger partial charge in [0.1, 0.15) is 5.69 Å². The number of hydrogen-bond donors (Lipinski definition) is 1. The van der Waals surface area contributed by atoms with Gasteiger partial charge in [0.15, 0.2) is 0 Å².